The first kappa shape index (κ1) is 12.0. The molecule has 1 amide bonds. The van der Waals surface area contributed by atoms with Gasteiger partial charge in [-0.2, -0.15) is 0 Å². The van der Waals surface area contributed by atoms with Gasteiger partial charge in [0.1, 0.15) is 5.82 Å². The summed E-state index contributed by atoms with van der Waals surface area (Å²) in [5.74, 6) is 0.157. The molecule has 5 nitrogen and oxygen atoms in total. The number of hydrogen-bond donors (Lipinski definition) is 2. The van der Waals surface area contributed by atoms with Crippen LogP contribution >= 0.6 is 0 Å². The molecule has 0 atom stereocenters. The Balaban J connectivity index is 1.98. The number of hydrogen-bond acceptors (Lipinski definition) is 4. The lowest BCUT2D eigenvalue weighted by molar-refractivity contribution is 0.0951. The summed E-state index contributed by atoms with van der Waals surface area (Å²) in [6, 6.07) is 7.01. The predicted molar refractivity (Wildman–Crippen MR) is 68.8 cm³/mol. The van der Waals surface area contributed by atoms with E-state index in [1.807, 2.05) is 19.1 Å². The zero-order valence-corrected chi connectivity index (χ0v) is 10.1. The van der Waals surface area contributed by atoms with E-state index in [1.165, 1.54) is 6.20 Å². The van der Waals surface area contributed by atoms with Gasteiger partial charge in [-0.05, 0) is 30.7 Å². The van der Waals surface area contributed by atoms with Gasteiger partial charge in [0.05, 0.1) is 0 Å². The third-order valence-corrected chi connectivity index (χ3v) is 2.47. The summed E-state index contributed by atoms with van der Waals surface area (Å²) in [5.41, 5.74) is 7.93. The van der Waals surface area contributed by atoms with Crippen molar-refractivity contribution in [3.05, 3.63) is 53.5 Å². The lowest BCUT2D eigenvalue weighted by atomic mass is 10.2. The highest BCUT2D eigenvalue weighted by molar-refractivity contribution is 5.94. The Hall–Kier alpha value is -2.43. The van der Waals surface area contributed by atoms with Gasteiger partial charge < -0.3 is 11.1 Å². The van der Waals surface area contributed by atoms with E-state index >= 15 is 0 Å². The fourth-order valence-electron chi connectivity index (χ4n) is 1.48. The second-order valence-electron chi connectivity index (χ2n) is 3.96. The van der Waals surface area contributed by atoms with Crippen molar-refractivity contribution in [2.45, 2.75) is 13.5 Å². The number of nitrogens with one attached hydrogen (secondary N) is 1. The van der Waals surface area contributed by atoms with Crippen LogP contribution in [0.5, 0.6) is 0 Å². The Bertz CT molecular complexity index is 551. The molecule has 0 saturated carbocycles. The molecule has 18 heavy (non-hydrogen) atoms. The van der Waals surface area contributed by atoms with Gasteiger partial charge >= 0.3 is 0 Å². The molecule has 2 heterocycles. The minimum absolute atomic E-state index is 0.176. The molecule has 0 aromatic carbocycles. The number of aromatic nitrogens is 2. The first-order chi connectivity index (χ1) is 8.65. The van der Waals surface area contributed by atoms with Crippen molar-refractivity contribution in [3.8, 4) is 0 Å². The normalized spacial score (nSPS) is 10.1. The van der Waals surface area contributed by atoms with Crippen molar-refractivity contribution in [2.24, 2.45) is 0 Å². The van der Waals surface area contributed by atoms with Crippen LogP contribution in [0.15, 0.2) is 36.7 Å². The Morgan fingerprint density at radius 2 is 2.17 bits per heavy atom. The molecule has 0 spiro atoms. The molecule has 0 aliphatic carbocycles. The van der Waals surface area contributed by atoms with Crippen molar-refractivity contribution >= 4 is 11.7 Å². The number of nitrogen functional groups attached to an aromatic ring is 1. The highest BCUT2D eigenvalue weighted by Gasteiger charge is 2.05. The maximum atomic E-state index is 11.8. The Labute approximate surface area is 105 Å². The van der Waals surface area contributed by atoms with Gasteiger partial charge in [-0.15, -0.1) is 0 Å². The summed E-state index contributed by atoms with van der Waals surface area (Å²) in [4.78, 5) is 19.8. The number of pyridine rings is 2. The van der Waals surface area contributed by atoms with E-state index in [0.29, 0.717) is 17.9 Å². The summed E-state index contributed by atoms with van der Waals surface area (Å²) < 4.78 is 0. The largest absolute Gasteiger partial charge is 0.384 e. The van der Waals surface area contributed by atoms with Crippen molar-refractivity contribution in [2.75, 3.05) is 5.73 Å². The van der Waals surface area contributed by atoms with Crippen LogP contribution < -0.4 is 11.1 Å². The molecule has 0 radical (unpaired) electrons. The van der Waals surface area contributed by atoms with E-state index in [2.05, 4.69) is 15.3 Å². The molecule has 2 aromatic rings. The highest BCUT2D eigenvalue weighted by atomic mass is 16.1. The number of carbonyl (C=O) groups excluding carboxylic acids is 1. The summed E-state index contributed by atoms with van der Waals surface area (Å²) >= 11 is 0. The maximum Gasteiger partial charge on any atom is 0.251 e. The van der Waals surface area contributed by atoms with Gasteiger partial charge in [0.25, 0.3) is 5.91 Å². The van der Waals surface area contributed by atoms with E-state index in [0.717, 1.165) is 11.3 Å². The molecular formula is C13H14N4O. The summed E-state index contributed by atoms with van der Waals surface area (Å²) in [5, 5.41) is 2.80. The monoisotopic (exact) mass is 242 g/mol. The van der Waals surface area contributed by atoms with Gasteiger partial charge in [-0.3, -0.25) is 9.78 Å². The molecular weight excluding hydrogens is 228 g/mol. The average molecular weight is 242 g/mol. The molecule has 0 aliphatic heterocycles. The predicted octanol–water partition coefficient (Wildman–Crippen LogP) is 1.30. The SMILES string of the molecule is Cc1ccc(CNC(=O)c2ccnc(N)c2)cn1. The number of carbonyl (C=O) groups is 1. The van der Waals surface area contributed by atoms with Crippen LogP contribution in [0.2, 0.25) is 0 Å². The van der Waals surface area contributed by atoms with Crippen LogP contribution in [0.4, 0.5) is 5.82 Å². The zero-order chi connectivity index (χ0) is 13.0. The Morgan fingerprint density at radius 1 is 1.33 bits per heavy atom. The third-order valence-electron chi connectivity index (χ3n) is 2.47. The Morgan fingerprint density at radius 3 is 2.83 bits per heavy atom. The fraction of sp³-hybridized carbons (Fsp3) is 0.154. The van der Waals surface area contributed by atoms with Crippen LogP contribution in [0.3, 0.4) is 0 Å². The number of nitrogens with zero attached hydrogens (tertiary/aromatic N) is 2. The summed E-state index contributed by atoms with van der Waals surface area (Å²) in [7, 11) is 0. The van der Waals surface area contributed by atoms with Crippen molar-refractivity contribution in [1.82, 2.24) is 15.3 Å². The van der Waals surface area contributed by atoms with E-state index < -0.39 is 0 Å². The fourth-order valence-corrected chi connectivity index (χ4v) is 1.48. The zero-order valence-electron chi connectivity index (χ0n) is 10.1. The smallest absolute Gasteiger partial charge is 0.251 e. The van der Waals surface area contributed by atoms with Gasteiger partial charge in [0, 0.05) is 30.2 Å². The molecule has 0 aliphatic rings. The van der Waals surface area contributed by atoms with E-state index in [-0.39, 0.29) is 5.91 Å². The second kappa shape index (κ2) is 5.27. The second-order valence-corrected chi connectivity index (χ2v) is 3.96. The molecule has 0 bridgehead atoms. The average Bonchev–Trinajstić information content (AvgIpc) is 2.38. The van der Waals surface area contributed by atoms with E-state index in [9.17, 15) is 4.79 Å². The first-order valence-electron chi connectivity index (χ1n) is 5.56. The Kier molecular flexibility index (Phi) is 3.52. The van der Waals surface area contributed by atoms with Gasteiger partial charge in [-0.1, -0.05) is 6.07 Å². The van der Waals surface area contributed by atoms with Crippen LogP contribution in [0.1, 0.15) is 21.6 Å². The maximum absolute atomic E-state index is 11.8. The minimum Gasteiger partial charge on any atom is -0.384 e. The van der Waals surface area contributed by atoms with Crippen molar-refractivity contribution in [1.29, 1.82) is 0 Å². The van der Waals surface area contributed by atoms with Gasteiger partial charge in [0.15, 0.2) is 0 Å². The molecule has 0 unspecified atom stereocenters. The van der Waals surface area contributed by atoms with Crippen LogP contribution in [0.25, 0.3) is 0 Å². The molecule has 3 N–H and O–H groups in total. The lowest BCUT2D eigenvalue weighted by Crippen LogP contribution is -2.23. The van der Waals surface area contributed by atoms with Gasteiger partial charge in [-0.25, -0.2) is 4.98 Å². The number of anilines is 1. The molecule has 2 rings (SSSR count). The quantitative estimate of drug-likeness (QED) is 0.850. The highest BCUT2D eigenvalue weighted by Crippen LogP contribution is 2.04. The topological polar surface area (TPSA) is 80.9 Å². The van der Waals surface area contributed by atoms with E-state index in [1.54, 1.807) is 18.3 Å². The van der Waals surface area contributed by atoms with Crippen LogP contribution in [-0.4, -0.2) is 15.9 Å². The molecule has 2 aromatic heterocycles. The summed E-state index contributed by atoms with van der Waals surface area (Å²) in [6.45, 7) is 2.36. The lowest BCUT2D eigenvalue weighted by Gasteiger charge is -2.05. The van der Waals surface area contributed by atoms with Crippen molar-refractivity contribution < 1.29 is 4.79 Å². The molecule has 0 fully saturated rings. The molecule has 92 valence electrons. The minimum atomic E-state index is -0.176. The standard InChI is InChI=1S/C13H14N4O/c1-9-2-3-10(7-16-9)8-17-13(18)11-4-5-15-12(14)6-11/h2-7H,8H2,1H3,(H2,14,15)(H,17,18). The third kappa shape index (κ3) is 3.04. The van der Waals surface area contributed by atoms with Crippen LogP contribution in [-0.2, 0) is 6.54 Å². The first-order valence-corrected chi connectivity index (χ1v) is 5.56. The number of amides is 1. The number of aryl methyl sites for hydroxylation is 1. The molecule has 5 heteroatoms. The van der Waals surface area contributed by atoms with Crippen molar-refractivity contribution in [3.63, 3.8) is 0 Å². The number of rotatable bonds is 3. The molecule has 0 saturated heterocycles. The van der Waals surface area contributed by atoms with E-state index in [4.69, 9.17) is 5.73 Å². The summed E-state index contributed by atoms with van der Waals surface area (Å²) in [6.07, 6.45) is 3.26. The van der Waals surface area contributed by atoms with Gasteiger partial charge in [0.2, 0.25) is 0 Å². The number of nitrogens with two attached hydrogens (primary N) is 1. The van der Waals surface area contributed by atoms with Crippen LogP contribution in [0, 0.1) is 6.92 Å².